The van der Waals surface area contributed by atoms with E-state index < -0.39 is 0 Å². The van der Waals surface area contributed by atoms with Crippen LogP contribution >= 0.6 is 43.5 Å². The Morgan fingerprint density at radius 3 is 2.50 bits per heavy atom. The van der Waals surface area contributed by atoms with Crippen LogP contribution in [0.4, 0.5) is 0 Å². The van der Waals surface area contributed by atoms with Gasteiger partial charge in [-0.3, -0.25) is 4.79 Å². The van der Waals surface area contributed by atoms with Crippen LogP contribution in [0, 0.1) is 0 Å². The number of carbonyl (C=O) groups is 1. The van der Waals surface area contributed by atoms with Gasteiger partial charge in [0.15, 0.2) is 5.78 Å². The van der Waals surface area contributed by atoms with E-state index in [2.05, 4.69) is 31.9 Å². The molecule has 104 valence electrons. The fraction of sp³-hybridized carbons (Fsp3) is 0.133. The number of hydrogen-bond donors (Lipinski definition) is 0. The monoisotopic (exact) mass is 416 g/mol. The topological polar surface area (TPSA) is 26.3 Å². The van der Waals surface area contributed by atoms with Crippen molar-refractivity contribution in [3.63, 3.8) is 0 Å². The summed E-state index contributed by atoms with van der Waals surface area (Å²) in [6, 6.07) is 10.8. The maximum absolute atomic E-state index is 12.3. The highest BCUT2D eigenvalue weighted by Crippen LogP contribution is 2.27. The van der Waals surface area contributed by atoms with Crippen LogP contribution in [0.15, 0.2) is 45.3 Å². The normalized spacial score (nSPS) is 10.4. The fourth-order valence-electron chi connectivity index (χ4n) is 1.82. The summed E-state index contributed by atoms with van der Waals surface area (Å²) in [5.74, 6) is 0.777. The van der Waals surface area contributed by atoms with Gasteiger partial charge in [-0.05, 0) is 67.8 Å². The lowest BCUT2D eigenvalue weighted by molar-refractivity contribution is 0.0992. The van der Waals surface area contributed by atoms with Gasteiger partial charge >= 0.3 is 0 Å². The van der Waals surface area contributed by atoms with Crippen LogP contribution in [0.25, 0.3) is 0 Å². The second-order valence-electron chi connectivity index (χ2n) is 4.19. The summed E-state index contributed by atoms with van der Waals surface area (Å²) in [5, 5.41) is 0.598. The minimum absolute atomic E-state index is 0.0330. The number of methoxy groups -OCH3 is 1. The van der Waals surface area contributed by atoms with E-state index in [1.165, 1.54) is 0 Å². The Bertz CT molecular complexity index is 656. The SMILES string of the molecule is COc1ccc(CC(=O)c2ccc(Cl)cc2Br)cc1Br. The Kier molecular flexibility index (Phi) is 5.24. The van der Waals surface area contributed by atoms with Gasteiger partial charge in [0, 0.05) is 21.5 Å². The molecule has 0 aliphatic rings. The molecule has 0 aliphatic heterocycles. The van der Waals surface area contributed by atoms with Crippen LogP contribution in [0.2, 0.25) is 5.02 Å². The molecular formula is C15H11Br2ClO2. The number of hydrogen-bond acceptors (Lipinski definition) is 2. The molecule has 0 heterocycles. The largest absolute Gasteiger partial charge is 0.496 e. The number of halogens is 3. The molecule has 2 rings (SSSR count). The molecule has 0 radical (unpaired) electrons. The van der Waals surface area contributed by atoms with Crippen molar-refractivity contribution in [3.8, 4) is 5.75 Å². The molecule has 0 atom stereocenters. The first kappa shape index (κ1) is 15.5. The van der Waals surface area contributed by atoms with Gasteiger partial charge < -0.3 is 4.74 Å². The number of rotatable bonds is 4. The molecule has 2 aromatic carbocycles. The van der Waals surface area contributed by atoms with Gasteiger partial charge in [-0.25, -0.2) is 0 Å². The van der Waals surface area contributed by atoms with Crippen molar-refractivity contribution in [1.29, 1.82) is 0 Å². The van der Waals surface area contributed by atoms with E-state index in [1.54, 1.807) is 25.3 Å². The molecule has 2 nitrogen and oxygen atoms in total. The van der Waals surface area contributed by atoms with Crippen LogP contribution < -0.4 is 4.74 Å². The third kappa shape index (κ3) is 3.62. The number of ketones is 1. The summed E-state index contributed by atoms with van der Waals surface area (Å²) in [5.41, 5.74) is 1.55. The van der Waals surface area contributed by atoms with Crippen molar-refractivity contribution in [1.82, 2.24) is 0 Å². The standard InChI is InChI=1S/C15H11Br2ClO2/c1-20-15-5-2-9(6-13(15)17)7-14(19)11-4-3-10(18)8-12(11)16/h2-6,8H,7H2,1H3. The number of carbonyl (C=O) groups excluding carboxylic acids is 1. The van der Waals surface area contributed by atoms with E-state index in [-0.39, 0.29) is 5.78 Å². The highest BCUT2D eigenvalue weighted by atomic mass is 79.9. The van der Waals surface area contributed by atoms with Crippen molar-refractivity contribution < 1.29 is 9.53 Å². The lowest BCUT2D eigenvalue weighted by atomic mass is 10.0. The Hall–Kier alpha value is -0.840. The predicted molar refractivity (Wildman–Crippen MR) is 87.9 cm³/mol. The van der Waals surface area contributed by atoms with Gasteiger partial charge in [-0.1, -0.05) is 17.7 Å². The van der Waals surface area contributed by atoms with E-state index >= 15 is 0 Å². The Morgan fingerprint density at radius 1 is 1.15 bits per heavy atom. The van der Waals surface area contributed by atoms with E-state index in [1.807, 2.05) is 18.2 Å². The first-order valence-corrected chi connectivity index (χ1v) is 7.78. The van der Waals surface area contributed by atoms with Crippen molar-refractivity contribution in [2.75, 3.05) is 7.11 Å². The third-order valence-corrected chi connectivity index (χ3v) is 4.32. The molecule has 0 amide bonds. The fourth-order valence-corrected chi connectivity index (χ4v) is 3.31. The number of Topliss-reactive ketones (excluding diaryl/α,β-unsaturated/α-hetero) is 1. The highest BCUT2D eigenvalue weighted by molar-refractivity contribution is 9.10. The molecule has 20 heavy (non-hydrogen) atoms. The molecule has 0 unspecified atom stereocenters. The first-order valence-electron chi connectivity index (χ1n) is 5.82. The van der Waals surface area contributed by atoms with Crippen LogP contribution in [0.5, 0.6) is 5.75 Å². The van der Waals surface area contributed by atoms with E-state index in [4.69, 9.17) is 16.3 Å². The average molecular weight is 419 g/mol. The van der Waals surface area contributed by atoms with Gasteiger partial charge in [-0.15, -0.1) is 0 Å². The maximum atomic E-state index is 12.3. The third-order valence-electron chi connectivity index (χ3n) is 2.81. The summed E-state index contributed by atoms with van der Waals surface area (Å²) in [4.78, 5) is 12.3. The van der Waals surface area contributed by atoms with Crippen LogP contribution in [0.1, 0.15) is 15.9 Å². The van der Waals surface area contributed by atoms with Gasteiger partial charge in [0.05, 0.1) is 11.6 Å². The van der Waals surface area contributed by atoms with Gasteiger partial charge in [0.25, 0.3) is 0 Å². The molecule has 0 N–H and O–H groups in total. The lowest BCUT2D eigenvalue weighted by Gasteiger charge is -2.07. The van der Waals surface area contributed by atoms with Gasteiger partial charge in [0.2, 0.25) is 0 Å². The second-order valence-corrected chi connectivity index (χ2v) is 6.34. The van der Waals surface area contributed by atoms with Crippen LogP contribution in [0.3, 0.4) is 0 Å². The lowest BCUT2D eigenvalue weighted by Crippen LogP contribution is -2.04. The van der Waals surface area contributed by atoms with Crippen LogP contribution in [-0.2, 0) is 6.42 Å². The zero-order valence-corrected chi connectivity index (χ0v) is 14.5. The van der Waals surface area contributed by atoms with E-state index in [9.17, 15) is 4.79 Å². The van der Waals surface area contributed by atoms with Crippen LogP contribution in [-0.4, -0.2) is 12.9 Å². The summed E-state index contributed by atoms with van der Waals surface area (Å²) in [6.07, 6.45) is 0.322. The molecule has 0 aliphatic carbocycles. The number of ether oxygens (including phenoxy) is 1. The quantitative estimate of drug-likeness (QED) is 0.630. The molecule has 0 spiro atoms. The van der Waals surface area contributed by atoms with Crippen molar-refractivity contribution in [2.24, 2.45) is 0 Å². The molecule has 0 bridgehead atoms. The summed E-state index contributed by atoms with van der Waals surface area (Å²) >= 11 is 12.7. The zero-order chi connectivity index (χ0) is 14.7. The van der Waals surface area contributed by atoms with Crippen molar-refractivity contribution >= 4 is 49.2 Å². The molecule has 0 saturated heterocycles. The van der Waals surface area contributed by atoms with Gasteiger partial charge in [0.1, 0.15) is 5.75 Å². The van der Waals surface area contributed by atoms with E-state index in [0.29, 0.717) is 21.5 Å². The Labute approximate surface area is 139 Å². The minimum Gasteiger partial charge on any atom is -0.496 e. The van der Waals surface area contributed by atoms with Crippen molar-refractivity contribution in [3.05, 3.63) is 61.5 Å². The Morgan fingerprint density at radius 2 is 1.90 bits per heavy atom. The molecule has 0 fully saturated rings. The first-order chi connectivity index (χ1) is 9.51. The Balaban J connectivity index is 2.21. The second kappa shape index (κ2) is 6.74. The van der Waals surface area contributed by atoms with E-state index in [0.717, 1.165) is 15.8 Å². The zero-order valence-electron chi connectivity index (χ0n) is 10.6. The minimum atomic E-state index is 0.0330. The molecule has 5 heteroatoms. The highest BCUT2D eigenvalue weighted by Gasteiger charge is 2.12. The van der Waals surface area contributed by atoms with Gasteiger partial charge in [-0.2, -0.15) is 0 Å². The van der Waals surface area contributed by atoms with Crippen molar-refractivity contribution in [2.45, 2.75) is 6.42 Å². The summed E-state index contributed by atoms with van der Waals surface area (Å²) in [6.45, 7) is 0. The molecule has 2 aromatic rings. The molecule has 0 aromatic heterocycles. The molecular weight excluding hydrogens is 407 g/mol. The predicted octanol–water partition coefficient (Wildman–Crippen LogP) is 5.30. The maximum Gasteiger partial charge on any atom is 0.168 e. The summed E-state index contributed by atoms with van der Waals surface area (Å²) in [7, 11) is 1.61. The smallest absolute Gasteiger partial charge is 0.168 e. The number of benzene rings is 2. The average Bonchev–Trinajstić information content (AvgIpc) is 2.38. The molecule has 0 saturated carbocycles. The summed E-state index contributed by atoms with van der Waals surface area (Å²) < 4.78 is 6.71.